The molecule has 0 fully saturated rings. The summed E-state index contributed by atoms with van der Waals surface area (Å²) >= 11 is 0. The van der Waals surface area contributed by atoms with E-state index >= 15 is 0 Å². The fourth-order valence-corrected chi connectivity index (χ4v) is 4.30. The first-order valence-corrected chi connectivity index (χ1v) is 12.3. The zero-order valence-corrected chi connectivity index (χ0v) is 21.6. The lowest BCUT2D eigenvalue weighted by Crippen LogP contribution is -2.29. The first kappa shape index (κ1) is 25.0. The zero-order valence-electron chi connectivity index (χ0n) is 21.6. The Balaban J connectivity index is 1.82. The smallest absolute Gasteiger partial charge is 0.423 e. The molecule has 0 aromatic heterocycles. The normalized spacial score (nSPS) is 12.0. The Morgan fingerprint density at radius 2 is 0.714 bits per heavy atom. The van der Waals surface area contributed by atoms with Gasteiger partial charge in [0.2, 0.25) is 0 Å². The topological polar surface area (TPSA) is 40.5 Å². The molecule has 0 aliphatic carbocycles. The highest BCUT2D eigenvalue weighted by Crippen LogP contribution is 2.34. The largest absolute Gasteiger partial charge is 0.488 e. The summed E-state index contributed by atoms with van der Waals surface area (Å²) in [6.45, 7) is 13.4. The first-order chi connectivity index (χ1) is 16.4. The average Bonchev–Trinajstić information content (AvgIpc) is 2.83. The minimum Gasteiger partial charge on any atom is -0.423 e. The van der Waals surface area contributed by atoms with Crippen molar-refractivity contribution in [3.63, 3.8) is 0 Å². The van der Waals surface area contributed by atoms with Crippen molar-refractivity contribution >= 4 is 12.6 Å². The second-order valence-electron chi connectivity index (χ2n) is 11.4. The molecule has 0 spiro atoms. The quantitative estimate of drug-likeness (QED) is 0.322. The number of hydrogen-bond acceptors (Lipinski definition) is 2. The molecule has 0 amide bonds. The van der Waals surface area contributed by atoms with Crippen LogP contribution in [-0.2, 0) is 10.8 Å². The van der Waals surface area contributed by atoms with Crippen molar-refractivity contribution in [3.8, 4) is 33.4 Å². The second kappa shape index (κ2) is 9.49. The molecule has 4 aromatic carbocycles. The van der Waals surface area contributed by atoms with Crippen molar-refractivity contribution in [2.45, 2.75) is 52.4 Å². The van der Waals surface area contributed by atoms with Gasteiger partial charge in [0.1, 0.15) is 0 Å². The third-order valence-electron chi connectivity index (χ3n) is 6.64. The maximum atomic E-state index is 9.49. The van der Waals surface area contributed by atoms with Crippen LogP contribution in [0.5, 0.6) is 0 Å². The highest BCUT2D eigenvalue weighted by atomic mass is 16.4. The molecule has 4 rings (SSSR count). The minimum atomic E-state index is -1.46. The number of rotatable bonds is 4. The third-order valence-corrected chi connectivity index (χ3v) is 6.64. The van der Waals surface area contributed by atoms with Crippen LogP contribution in [-0.4, -0.2) is 17.2 Å². The fourth-order valence-electron chi connectivity index (χ4n) is 4.30. The van der Waals surface area contributed by atoms with E-state index in [2.05, 4.69) is 108 Å². The van der Waals surface area contributed by atoms with Crippen LogP contribution in [0.25, 0.3) is 33.4 Å². The Bertz CT molecular complexity index is 1210. The van der Waals surface area contributed by atoms with Crippen LogP contribution in [0.1, 0.15) is 52.7 Å². The van der Waals surface area contributed by atoms with Gasteiger partial charge in [0, 0.05) is 0 Å². The van der Waals surface area contributed by atoms with E-state index in [1.807, 2.05) is 12.1 Å². The van der Waals surface area contributed by atoms with E-state index in [-0.39, 0.29) is 10.8 Å². The van der Waals surface area contributed by atoms with Crippen LogP contribution in [0.2, 0.25) is 0 Å². The summed E-state index contributed by atoms with van der Waals surface area (Å²) in [4.78, 5) is 0. The summed E-state index contributed by atoms with van der Waals surface area (Å²) in [5, 5.41) is 19.0. The molecule has 0 atom stereocenters. The van der Waals surface area contributed by atoms with Crippen LogP contribution < -0.4 is 5.46 Å². The Hall–Kier alpha value is -3.14. The molecule has 4 aromatic rings. The average molecular weight is 462 g/mol. The van der Waals surface area contributed by atoms with Gasteiger partial charge < -0.3 is 10.0 Å². The Morgan fingerprint density at radius 3 is 0.971 bits per heavy atom. The molecule has 0 saturated heterocycles. The van der Waals surface area contributed by atoms with Gasteiger partial charge in [-0.3, -0.25) is 0 Å². The fraction of sp³-hybridized carbons (Fsp3) is 0.250. The van der Waals surface area contributed by atoms with Gasteiger partial charge in [0.25, 0.3) is 0 Å². The molecule has 0 unspecified atom stereocenters. The molecule has 178 valence electrons. The van der Waals surface area contributed by atoms with E-state index in [0.29, 0.717) is 5.46 Å². The standard InChI is InChI=1S/C32H35BO2/c1-31(2,3)28-13-7-22(8-14-28)25-19-26(23-9-15-29(16-10-23)32(4,5)6)21-27(20-25)24-11-17-30(18-12-24)33(34)35/h7-21,34-35H,1-6H3. The lowest BCUT2D eigenvalue weighted by Gasteiger charge is -2.20. The van der Waals surface area contributed by atoms with Gasteiger partial charge in [-0.25, -0.2) is 0 Å². The van der Waals surface area contributed by atoms with Crippen molar-refractivity contribution in [1.29, 1.82) is 0 Å². The highest BCUT2D eigenvalue weighted by Gasteiger charge is 2.16. The van der Waals surface area contributed by atoms with Crippen molar-refractivity contribution in [1.82, 2.24) is 0 Å². The van der Waals surface area contributed by atoms with Crippen molar-refractivity contribution in [2.75, 3.05) is 0 Å². The van der Waals surface area contributed by atoms with Crippen LogP contribution in [0.3, 0.4) is 0 Å². The number of benzene rings is 4. The molecule has 0 aliphatic heterocycles. The van der Waals surface area contributed by atoms with E-state index in [0.717, 1.165) is 22.3 Å². The maximum absolute atomic E-state index is 9.49. The lowest BCUT2D eigenvalue weighted by molar-refractivity contribution is 0.426. The van der Waals surface area contributed by atoms with Crippen LogP contribution >= 0.6 is 0 Å². The van der Waals surface area contributed by atoms with Gasteiger partial charge in [-0.05, 0) is 79.0 Å². The Labute approximate surface area is 210 Å². The van der Waals surface area contributed by atoms with Crippen LogP contribution in [0, 0.1) is 0 Å². The summed E-state index contributed by atoms with van der Waals surface area (Å²) in [5.41, 5.74) is 10.1. The molecule has 0 bridgehead atoms. The molecular weight excluding hydrogens is 427 g/mol. The molecule has 0 radical (unpaired) electrons. The molecular formula is C32H35BO2. The summed E-state index contributed by atoms with van der Waals surface area (Å²) in [6.07, 6.45) is 0. The second-order valence-corrected chi connectivity index (χ2v) is 11.4. The molecule has 35 heavy (non-hydrogen) atoms. The van der Waals surface area contributed by atoms with Crippen molar-refractivity contribution < 1.29 is 10.0 Å². The SMILES string of the molecule is CC(C)(C)c1ccc(-c2cc(-c3ccc(B(O)O)cc3)cc(-c3ccc(C(C)(C)C)cc3)c2)cc1. The number of hydrogen-bond donors (Lipinski definition) is 2. The van der Waals surface area contributed by atoms with Gasteiger partial charge >= 0.3 is 7.12 Å². The van der Waals surface area contributed by atoms with E-state index in [1.165, 1.54) is 22.3 Å². The first-order valence-electron chi connectivity index (χ1n) is 12.3. The maximum Gasteiger partial charge on any atom is 0.488 e. The predicted molar refractivity (Wildman–Crippen MR) is 150 cm³/mol. The zero-order chi connectivity index (χ0) is 25.4. The van der Waals surface area contributed by atoms with Gasteiger partial charge in [-0.2, -0.15) is 0 Å². The molecule has 0 heterocycles. The summed E-state index contributed by atoms with van der Waals surface area (Å²) in [7, 11) is -1.46. The van der Waals surface area contributed by atoms with Gasteiger partial charge in [0.15, 0.2) is 0 Å². The van der Waals surface area contributed by atoms with Crippen LogP contribution in [0.15, 0.2) is 91.0 Å². The van der Waals surface area contributed by atoms with E-state index in [4.69, 9.17) is 0 Å². The Kier molecular flexibility index (Phi) is 6.77. The van der Waals surface area contributed by atoms with Gasteiger partial charge in [0.05, 0.1) is 0 Å². The predicted octanol–water partition coefficient (Wildman–Crippen LogP) is 6.96. The summed E-state index contributed by atoms with van der Waals surface area (Å²) < 4.78 is 0. The van der Waals surface area contributed by atoms with Crippen LogP contribution in [0.4, 0.5) is 0 Å². The third kappa shape index (κ3) is 5.75. The van der Waals surface area contributed by atoms with E-state index in [9.17, 15) is 10.0 Å². The Morgan fingerprint density at radius 1 is 0.429 bits per heavy atom. The molecule has 0 saturated carbocycles. The molecule has 2 nitrogen and oxygen atoms in total. The summed E-state index contributed by atoms with van der Waals surface area (Å²) in [5.74, 6) is 0. The lowest BCUT2D eigenvalue weighted by atomic mass is 9.79. The van der Waals surface area contributed by atoms with Crippen molar-refractivity contribution in [2.24, 2.45) is 0 Å². The van der Waals surface area contributed by atoms with Crippen molar-refractivity contribution in [3.05, 3.63) is 102 Å². The van der Waals surface area contributed by atoms with Gasteiger partial charge in [-0.15, -0.1) is 0 Å². The molecule has 0 aliphatic rings. The minimum absolute atomic E-state index is 0.110. The molecule has 3 heteroatoms. The van der Waals surface area contributed by atoms with E-state index in [1.54, 1.807) is 12.1 Å². The van der Waals surface area contributed by atoms with Gasteiger partial charge in [-0.1, -0.05) is 114 Å². The van der Waals surface area contributed by atoms with E-state index < -0.39 is 7.12 Å². The molecule has 2 N–H and O–H groups in total. The summed E-state index contributed by atoms with van der Waals surface area (Å²) in [6, 6.07) is 31.8. The monoisotopic (exact) mass is 462 g/mol. The highest BCUT2D eigenvalue weighted by molar-refractivity contribution is 6.58.